The Kier molecular flexibility index (Phi) is 5.82. The van der Waals surface area contributed by atoms with Crippen LogP contribution in [0.1, 0.15) is 30.4 Å². The van der Waals surface area contributed by atoms with Crippen LogP contribution in [0.25, 0.3) is 0 Å². The van der Waals surface area contributed by atoms with Crippen molar-refractivity contribution in [1.82, 2.24) is 4.90 Å². The predicted molar refractivity (Wildman–Crippen MR) is 80.1 cm³/mol. The predicted octanol–water partition coefficient (Wildman–Crippen LogP) is 3.92. The van der Waals surface area contributed by atoms with E-state index in [0.29, 0.717) is 44.5 Å². The summed E-state index contributed by atoms with van der Waals surface area (Å²) in [7, 11) is 0. The van der Waals surface area contributed by atoms with Crippen LogP contribution in [0.3, 0.4) is 0 Å². The summed E-state index contributed by atoms with van der Waals surface area (Å²) in [5.41, 5.74) is -3.52. The van der Waals surface area contributed by atoms with Crippen molar-refractivity contribution in [3.8, 4) is 0 Å². The molecule has 0 aromatic heterocycles. The number of carbonyl (C=O) groups excluding carboxylic acids is 2. The van der Waals surface area contributed by atoms with Crippen LogP contribution in [0.5, 0.6) is 0 Å². The van der Waals surface area contributed by atoms with Gasteiger partial charge in [0.25, 0.3) is 0 Å². The highest BCUT2D eigenvalue weighted by Gasteiger charge is 2.37. The smallest absolute Gasteiger partial charge is 0.345 e. The third-order valence-corrected chi connectivity index (χ3v) is 4.14. The molecule has 1 aromatic carbocycles. The van der Waals surface area contributed by atoms with Gasteiger partial charge in [-0.15, -0.1) is 0 Å². The molecule has 4 nitrogen and oxygen atoms in total. The van der Waals surface area contributed by atoms with Gasteiger partial charge in [-0.25, -0.2) is 0 Å². The molecule has 0 bridgehead atoms. The lowest BCUT2D eigenvalue weighted by atomic mass is 9.93. The number of halogens is 6. The highest BCUT2D eigenvalue weighted by atomic mass is 19.4. The Morgan fingerprint density at radius 1 is 1.04 bits per heavy atom. The van der Waals surface area contributed by atoms with Crippen LogP contribution in [0.15, 0.2) is 18.2 Å². The van der Waals surface area contributed by atoms with E-state index in [1.165, 1.54) is 4.90 Å². The van der Waals surface area contributed by atoms with E-state index >= 15 is 0 Å². The standard InChI is InChI=1S/C16H16F6N2O2/c17-15(18,19)11-6-12(16(20,21)22)8-13(7-11)23-14(26)5-10-1-3-24(9-25)4-2-10/h6-10H,1-5H2,(H,23,26). The van der Waals surface area contributed by atoms with Crippen molar-refractivity contribution in [2.45, 2.75) is 31.6 Å². The highest BCUT2D eigenvalue weighted by Crippen LogP contribution is 2.37. The second-order valence-electron chi connectivity index (χ2n) is 6.13. The third-order valence-electron chi connectivity index (χ3n) is 4.14. The van der Waals surface area contributed by atoms with Crippen molar-refractivity contribution in [1.29, 1.82) is 0 Å². The van der Waals surface area contributed by atoms with E-state index in [4.69, 9.17) is 0 Å². The van der Waals surface area contributed by atoms with Crippen LogP contribution in [-0.4, -0.2) is 30.3 Å². The lowest BCUT2D eigenvalue weighted by molar-refractivity contribution is -0.143. The van der Waals surface area contributed by atoms with Crippen LogP contribution in [0.4, 0.5) is 32.0 Å². The number of nitrogens with one attached hydrogen (secondary N) is 1. The minimum atomic E-state index is -4.97. The molecule has 1 aliphatic heterocycles. The van der Waals surface area contributed by atoms with Crippen molar-refractivity contribution >= 4 is 18.0 Å². The Bertz CT molecular complexity index is 631. The second kappa shape index (κ2) is 7.55. The van der Waals surface area contributed by atoms with Crippen LogP contribution in [0, 0.1) is 5.92 Å². The Hall–Kier alpha value is -2.26. The molecule has 0 atom stereocenters. The van der Waals surface area contributed by atoms with Gasteiger partial charge in [0, 0.05) is 25.2 Å². The minimum absolute atomic E-state index is 0.00477. The average molecular weight is 382 g/mol. The van der Waals surface area contributed by atoms with E-state index in [0.717, 1.165) is 0 Å². The average Bonchev–Trinajstić information content (AvgIpc) is 2.53. The van der Waals surface area contributed by atoms with Gasteiger partial charge in [0.2, 0.25) is 12.3 Å². The molecule has 1 fully saturated rings. The molecule has 0 spiro atoms. The molecule has 2 amide bonds. The molecular weight excluding hydrogens is 366 g/mol. The van der Waals surface area contributed by atoms with Gasteiger partial charge < -0.3 is 10.2 Å². The fourth-order valence-electron chi connectivity index (χ4n) is 2.76. The Labute approximate surface area is 145 Å². The number of piperidine rings is 1. The highest BCUT2D eigenvalue weighted by molar-refractivity contribution is 5.91. The van der Waals surface area contributed by atoms with Gasteiger partial charge in [0.1, 0.15) is 0 Å². The molecule has 10 heteroatoms. The number of hydrogen-bond donors (Lipinski definition) is 1. The zero-order valence-electron chi connectivity index (χ0n) is 13.5. The number of amides is 2. The summed E-state index contributed by atoms with van der Waals surface area (Å²) in [6, 6.07) is 0.953. The zero-order valence-corrected chi connectivity index (χ0v) is 13.5. The summed E-state index contributed by atoms with van der Waals surface area (Å²) in [5, 5.41) is 2.12. The summed E-state index contributed by atoms with van der Waals surface area (Å²) in [4.78, 5) is 24.2. The molecule has 0 saturated carbocycles. The molecule has 0 radical (unpaired) electrons. The first-order valence-electron chi connectivity index (χ1n) is 7.77. The molecule has 26 heavy (non-hydrogen) atoms. The quantitative estimate of drug-likeness (QED) is 0.634. The van der Waals surface area contributed by atoms with Gasteiger partial charge >= 0.3 is 12.4 Å². The van der Waals surface area contributed by atoms with Crippen LogP contribution < -0.4 is 5.32 Å². The minimum Gasteiger partial charge on any atom is -0.345 e. The molecule has 2 rings (SSSR count). The number of nitrogens with zero attached hydrogens (tertiary/aromatic N) is 1. The number of benzene rings is 1. The van der Waals surface area contributed by atoms with E-state index in [1.54, 1.807) is 0 Å². The fraction of sp³-hybridized carbons (Fsp3) is 0.500. The van der Waals surface area contributed by atoms with Crippen molar-refractivity contribution < 1.29 is 35.9 Å². The number of rotatable bonds is 4. The molecule has 1 aromatic rings. The SMILES string of the molecule is O=CN1CCC(CC(=O)Nc2cc(C(F)(F)F)cc(C(F)(F)F)c2)CC1. The maximum atomic E-state index is 12.8. The summed E-state index contributed by atoms with van der Waals surface area (Å²) >= 11 is 0. The topological polar surface area (TPSA) is 49.4 Å². The van der Waals surface area contributed by atoms with E-state index in [2.05, 4.69) is 5.32 Å². The largest absolute Gasteiger partial charge is 0.416 e. The van der Waals surface area contributed by atoms with Gasteiger partial charge in [-0.1, -0.05) is 0 Å². The maximum absolute atomic E-state index is 12.8. The van der Waals surface area contributed by atoms with Crippen LogP contribution in [-0.2, 0) is 21.9 Å². The monoisotopic (exact) mass is 382 g/mol. The first-order valence-corrected chi connectivity index (χ1v) is 7.77. The van der Waals surface area contributed by atoms with Crippen molar-refractivity contribution in [3.63, 3.8) is 0 Å². The maximum Gasteiger partial charge on any atom is 0.416 e. The van der Waals surface area contributed by atoms with E-state index in [-0.39, 0.29) is 18.4 Å². The number of alkyl halides is 6. The second-order valence-corrected chi connectivity index (χ2v) is 6.13. The normalized spacial score (nSPS) is 16.5. The number of anilines is 1. The fourth-order valence-corrected chi connectivity index (χ4v) is 2.76. The Morgan fingerprint density at radius 2 is 1.54 bits per heavy atom. The molecule has 1 saturated heterocycles. The van der Waals surface area contributed by atoms with Crippen LogP contribution >= 0.6 is 0 Å². The Balaban J connectivity index is 2.10. The molecule has 144 valence electrons. The number of carbonyl (C=O) groups is 2. The van der Waals surface area contributed by atoms with E-state index in [9.17, 15) is 35.9 Å². The summed E-state index contributed by atoms with van der Waals surface area (Å²) in [6.07, 6.45) is -8.20. The zero-order chi connectivity index (χ0) is 19.5. The number of likely N-dealkylation sites (tertiary alicyclic amines) is 1. The summed E-state index contributed by atoms with van der Waals surface area (Å²) in [6.45, 7) is 0.923. The number of hydrogen-bond acceptors (Lipinski definition) is 2. The van der Waals surface area contributed by atoms with Crippen molar-refractivity contribution in [3.05, 3.63) is 29.3 Å². The van der Waals surface area contributed by atoms with Crippen LogP contribution in [0.2, 0.25) is 0 Å². The summed E-state index contributed by atoms with van der Waals surface area (Å²) < 4.78 is 76.8. The van der Waals surface area contributed by atoms with Crippen molar-refractivity contribution in [2.75, 3.05) is 18.4 Å². The molecule has 1 heterocycles. The van der Waals surface area contributed by atoms with Gasteiger partial charge in [-0.05, 0) is 37.0 Å². The van der Waals surface area contributed by atoms with Gasteiger partial charge in [-0.2, -0.15) is 26.3 Å². The lowest BCUT2D eigenvalue weighted by Crippen LogP contribution is -2.33. The molecular formula is C16H16F6N2O2. The van der Waals surface area contributed by atoms with Gasteiger partial charge in [0.15, 0.2) is 0 Å². The lowest BCUT2D eigenvalue weighted by Gasteiger charge is -2.28. The van der Waals surface area contributed by atoms with Gasteiger partial charge in [0.05, 0.1) is 11.1 Å². The Morgan fingerprint density at radius 3 is 1.96 bits per heavy atom. The van der Waals surface area contributed by atoms with Crippen molar-refractivity contribution in [2.24, 2.45) is 5.92 Å². The first kappa shape index (κ1) is 20.1. The molecule has 1 N–H and O–H groups in total. The molecule has 0 unspecified atom stereocenters. The first-order chi connectivity index (χ1) is 12.0. The molecule has 0 aliphatic carbocycles. The van der Waals surface area contributed by atoms with E-state index in [1.807, 2.05) is 0 Å². The third kappa shape index (κ3) is 5.37. The molecule has 1 aliphatic rings. The van der Waals surface area contributed by atoms with Gasteiger partial charge in [-0.3, -0.25) is 9.59 Å². The van der Waals surface area contributed by atoms with E-state index < -0.39 is 35.1 Å². The summed E-state index contributed by atoms with van der Waals surface area (Å²) in [5.74, 6) is -0.749.